The molecule has 2 aromatic heterocycles. The molecule has 102 valence electrons. The van der Waals surface area contributed by atoms with E-state index < -0.39 is 0 Å². The van der Waals surface area contributed by atoms with Crippen LogP contribution in [0.15, 0.2) is 38.6 Å². The molecule has 0 unspecified atom stereocenters. The third-order valence-corrected chi connectivity index (χ3v) is 5.13. The Morgan fingerprint density at radius 1 is 1.40 bits per heavy atom. The maximum Gasteiger partial charge on any atom is 0.188 e. The van der Waals surface area contributed by atoms with Crippen LogP contribution in [0.1, 0.15) is 5.56 Å². The summed E-state index contributed by atoms with van der Waals surface area (Å²) in [5, 5.41) is 6.55. The summed E-state index contributed by atoms with van der Waals surface area (Å²) in [5.74, 6) is 0.976. The van der Waals surface area contributed by atoms with Crippen molar-refractivity contribution >= 4 is 44.7 Å². The molecule has 0 bridgehead atoms. The Morgan fingerprint density at radius 3 is 2.85 bits per heavy atom. The van der Waals surface area contributed by atoms with E-state index in [-0.39, 0.29) is 0 Å². The van der Waals surface area contributed by atoms with Crippen molar-refractivity contribution in [1.82, 2.24) is 5.16 Å². The van der Waals surface area contributed by atoms with E-state index in [1.807, 2.05) is 36.6 Å². The van der Waals surface area contributed by atoms with Gasteiger partial charge in [0.05, 0.1) is 15.5 Å². The van der Waals surface area contributed by atoms with Crippen LogP contribution in [0.2, 0.25) is 5.02 Å². The van der Waals surface area contributed by atoms with Gasteiger partial charge in [0.15, 0.2) is 11.6 Å². The van der Waals surface area contributed by atoms with Crippen molar-refractivity contribution in [3.05, 3.63) is 44.7 Å². The fraction of sp³-hybridized carbons (Fsp3) is 0.0714. The average molecular weight is 370 g/mol. The first-order valence-corrected chi connectivity index (χ1v) is 7.88. The first-order valence-electron chi connectivity index (χ1n) is 5.83. The maximum absolute atomic E-state index is 6.32. The molecule has 0 aliphatic heterocycles. The minimum Gasteiger partial charge on any atom is -0.380 e. The second kappa shape index (κ2) is 5.24. The van der Waals surface area contributed by atoms with Gasteiger partial charge in [-0.25, -0.2) is 0 Å². The molecule has 0 radical (unpaired) electrons. The lowest BCUT2D eigenvalue weighted by atomic mass is 10.1. The summed E-state index contributed by atoms with van der Waals surface area (Å²) in [7, 11) is 0. The van der Waals surface area contributed by atoms with Gasteiger partial charge in [-0.1, -0.05) is 44.8 Å². The van der Waals surface area contributed by atoms with E-state index in [0.29, 0.717) is 16.6 Å². The van der Waals surface area contributed by atoms with Crippen molar-refractivity contribution in [2.45, 2.75) is 6.92 Å². The van der Waals surface area contributed by atoms with Crippen molar-refractivity contribution in [3.8, 4) is 21.8 Å². The van der Waals surface area contributed by atoms with Crippen LogP contribution in [0.5, 0.6) is 0 Å². The van der Waals surface area contributed by atoms with Gasteiger partial charge in [0.25, 0.3) is 0 Å². The van der Waals surface area contributed by atoms with Crippen LogP contribution < -0.4 is 5.73 Å². The average Bonchev–Trinajstić information content (AvgIpc) is 2.94. The van der Waals surface area contributed by atoms with Crippen molar-refractivity contribution < 1.29 is 4.52 Å². The molecular formula is C14H10BrClN2OS. The largest absolute Gasteiger partial charge is 0.380 e. The van der Waals surface area contributed by atoms with Gasteiger partial charge in [-0.15, -0.1) is 11.3 Å². The summed E-state index contributed by atoms with van der Waals surface area (Å²) in [5.41, 5.74) is 8.69. The molecule has 2 N–H and O–H groups in total. The van der Waals surface area contributed by atoms with Crippen LogP contribution in [0, 0.1) is 6.92 Å². The highest BCUT2D eigenvalue weighted by molar-refractivity contribution is 9.10. The highest BCUT2D eigenvalue weighted by Gasteiger charge is 2.21. The van der Waals surface area contributed by atoms with E-state index in [2.05, 4.69) is 21.1 Å². The lowest BCUT2D eigenvalue weighted by molar-refractivity contribution is 0.437. The number of nitrogen functional groups attached to an aromatic ring is 1. The number of aryl methyl sites for hydroxylation is 1. The van der Waals surface area contributed by atoms with Crippen LogP contribution in [-0.2, 0) is 0 Å². The molecular weight excluding hydrogens is 360 g/mol. The molecule has 20 heavy (non-hydrogen) atoms. The van der Waals surface area contributed by atoms with Gasteiger partial charge in [-0.3, -0.25) is 0 Å². The molecule has 0 saturated carbocycles. The maximum atomic E-state index is 6.32. The first kappa shape index (κ1) is 13.7. The van der Waals surface area contributed by atoms with Gasteiger partial charge in [0.2, 0.25) is 0 Å². The summed E-state index contributed by atoms with van der Waals surface area (Å²) in [6, 6.07) is 7.83. The number of thiophene rings is 1. The van der Waals surface area contributed by atoms with E-state index in [1.165, 1.54) is 11.3 Å². The number of aromatic nitrogens is 1. The summed E-state index contributed by atoms with van der Waals surface area (Å²) in [4.78, 5) is 0.850. The second-order valence-corrected chi connectivity index (χ2v) is 6.52. The predicted octanol–water partition coefficient (Wildman–Crippen LogP) is 5.38. The van der Waals surface area contributed by atoms with Gasteiger partial charge in [-0.2, -0.15) is 0 Å². The van der Waals surface area contributed by atoms with Crippen LogP contribution in [0.3, 0.4) is 0 Å². The van der Waals surface area contributed by atoms with Gasteiger partial charge >= 0.3 is 0 Å². The Labute approximate surface area is 133 Å². The number of benzene rings is 1. The Kier molecular flexibility index (Phi) is 3.58. The number of anilines is 1. The summed E-state index contributed by atoms with van der Waals surface area (Å²) in [6.45, 7) is 1.96. The van der Waals surface area contributed by atoms with Gasteiger partial charge in [0.1, 0.15) is 0 Å². The standard InChI is InChI=1S/C14H10BrClN2OS/c1-7-6-20-13(11(7)16)12-10(14(17)18-19-12)8-3-2-4-9(15)5-8/h2-6H,1H3,(H2,17,18). The molecule has 0 atom stereocenters. The molecule has 2 heterocycles. The van der Waals surface area contributed by atoms with E-state index in [0.717, 1.165) is 26.0 Å². The third kappa shape index (κ3) is 2.26. The number of hydrogen-bond donors (Lipinski definition) is 1. The first-order chi connectivity index (χ1) is 9.58. The summed E-state index contributed by atoms with van der Waals surface area (Å²) < 4.78 is 6.37. The summed E-state index contributed by atoms with van der Waals surface area (Å²) >= 11 is 11.3. The fourth-order valence-corrected chi connectivity index (χ4v) is 3.62. The number of rotatable bonds is 2. The van der Waals surface area contributed by atoms with Crippen LogP contribution in [-0.4, -0.2) is 5.16 Å². The SMILES string of the molecule is Cc1csc(-c2onc(N)c2-c2cccc(Br)c2)c1Cl. The van der Waals surface area contributed by atoms with E-state index in [4.69, 9.17) is 21.9 Å². The molecule has 0 amide bonds. The minimum absolute atomic E-state index is 0.361. The Balaban J connectivity index is 2.22. The Morgan fingerprint density at radius 2 is 2.20 bits per heavy atom. The fourth-order valence-electron chi connectivity index (χ4n) is 1.96. The van der Waals surface area contributed by atoms with E-state index >= 15 is 0 Å². The lowest BCUT2D eigenvalue weighted by Crippen LogP contribution is -1.88. The van der Waals surface area contributed by atoms with Gasteiger partial charge in [-0.05, 0) is 35.6 Å². The zero-order valence-corrected chi connectivity index (χ0v) is 13.6. The monoisotopic (exact) mass is 368 g/mol. The smallest absolute Gasteiger partial charge is 0.188 e. The Bertz CT molecular complexity index is 781. The van der Waals surface area contributed by atoms with Crippen LogP contribution in [0.25, 0.3) is 21.8 Å². The third-order valence-electron chi connectivity index (χ3n) is 2.94. The van der Waals surface area contributed by atoms with Gasteiger partial charge in [0, 0.05) is 4.47 Å². The molecule has 3 nitrogen and oxygen atoms in total. The van der Waals surface area contributed by atoms with E-state index in [9.17, 15) is 0 Å². The zero-order chi connectivity index (χ0) is 14.3. The lowest BCUT2D eigenvalue weighted by Gasteiger charge is -2.02. The van der Waals surface area contributed by atoms with Crippen molar-refractivity contribution in [1.29, 1.82) is 0 Å². The topological polar surface area (TPSA) is 52.0 Å². The number of nitrogens with zero attached hydrogens (tertiary/aromatic N) is 1. The van der Waals surface area contributed by atoms with Crippen LogP contribution in [0.4, 0.5) is 5.82 Å². The highest BCUT2D eigenvalue weighted by atomic mass is 79.9. The molecule has 1 aromatic carbocycles. The highest BCUT2D eigenvalue weighted by Crippen LogP contribution is 2.43. The molecule has 3 aromatic rings. The molecule has 0 spiro atoms. The second-order valence-electron chi connectivity index (χ2n) is 4.34. The van der Waals surface area contributed by atoms with Crippen molar-refractivity contribution in [2.24, 2.45) is 0 Å². The Hall–Kier alpha value is -1.30. The van der Waals surface area contributed by atoms with Crippen molar-refractivity contribution in [3.63, 3.8) is 0 Å². The molecule has 6 heteroatoms. The number of nitrogens with two attached hydrogens (primary N) is 1. The quantitative estimate of drug-likeness (QED) is 0.660. The molecule has 0 saturated heterocycles. The number of hydrogen-bond acceptors (Lipinski definition) is 4. The van der Waals surface area contributed by atoms with Gasteiger partial charge < -0.3 is 10.3 Å². The van der Waals surface area contributed by atoms with Crippen molar-refractivity contribution in [2.75, 3.05) is 5.73 Å². The van der Waals surface area contributed by atoms with E-state index in [1.54, 1.807) is 0 Å². The minimum atomic E-state index is 0.361. The molecule has 0 aliphatic carbocycles. The molecule has 0 aliphatic rings. The van der Waals surface area contributed by atoms with Crippen LogP contribution >= 0.6 is 38.9 Å². The molecule has 0 fully saturated rings. The predicted molar refractivity (Wildman–Crippen MR) is 87.1 cm³/mol. The molecule has 3 rings (SSSR count). The zero-order valence-electron chi connectivity index (χ0n) is 10.5. The normalized spacial score (nSPS) is 10.9. The number of halogens is 2. The summed E-state index contributed by atoms with van der Waals surface area (Å²) in [6.07, 6.45) is 0.